The molecule has 0 atom stereocenters. The van der Waals surface area contributed by atoms with Crippen LogP contribution in [0.5, 0.6) is 0 Å². The van der Waals surface area contributed by atoms with E-state index in [2.05, 4.69) is 20.4 Å². The summed E-state index contributed by atoms with van der Waals surface area (Å²) in [7, 11) is 0. The summed E-state index contributed by atoms with van der Waals surface area (Å²) in [4.78, 5) is 11.9. The number of nitrogens with one attached hydrogen (secondary N) is 1. The molecule has 0 aromatic carbocycles. The summed E-state index contributed by atoms with van der Waals surface area (Å²) in [6.07, 6.45) is 3.04. The number of hydrogen-bond acceptors (Lipinski definition) is 5. The van der Waals surface area contributed by atoms with Crippen LogP contribution in [0, 0.1) is 0 Å². The van der Waals surface area contributed by atoms with Crippen molar-refractivity contribution in [3.8, 4) is 0 Å². The zero-order chi connectivity index (χ0) is 9.26. The van der Waals surface area contributed by atoms with Gasteiger partial charge in [0.25, 0.3) is 0 Å². The van der Waals surface area contributed by atoms with Gasteiger partial charge in [-0.2, -0.15) is 0 Å². The van der Waals surface area contributed by atoms with Crippen LogP contribution in [-0.2, 0) is 0 Å². The van der Waals surface area contributed by atoms with Gasteiger partial charge in [0.05, 0.1) is 0 Å². The Hall–Kier alpha value is -1.85. The largest absolute Gasteiger partial charge is 0.382 e. The van der Waals surface area contributed by atoms with Crippen molar-refractivity contribution < 1.29 is 0 Å². The molecule has 0 aliphatic rings. The van der Waals surface area contributed by atoms with Gasteiger partial charge >= 0.3 is 0 Å². The summed E-state index contributed by atoms with van der Waals surface area (Å²) in [6.45, 7) is 2.78. The fourth-order valence-electron chi connectivity index (χ4n) is 1.17. The average molecular weight is 178 g/mol. The molecule has 0 spiro atoms. The van der Waals surface area contributed by atoms with Crippen LogP contribution in [0.2, 0.25) is 0 Å². The number of imidazole rings is 1. The second-order valence-corrected chi connectivity index (χ2v) is 2.56. The molecule has 2 heterocycles. The summed E-state index contributed by atoms with van der Waals surface area (Å²) in [5.74, 6) is 0.434. The summed E-state index contributed by atoms with van der Waals surface area (Å²) in [5, 5.41) is 0. The predicted molar refractivity (Wildman–Crippen MR) is 49.6 cm³/mol. The smallest absolute Gasteiger partial charge is 0.185 e. The number of rotatable bonds is 2. The van der Waals surface area contributed by atoms with Crippen molar-refractivity contribution in [1.29, 1.82) is 0 Å². The second kappa shape index (κ2) is 2.89. The molecule has 13 heavy (non-hydrogen) atoms. The maximum absolute atomic E-state index is 5.68. The second-order valence-electron chi connectivity index (χ2n) is 2.56. The van der Waals surface area contributed by atoms with Gasteiger partial charge in [-0.15, -0.1) is 0 Å². The van der Waals surface area contributed by atoms with Crippen molar-refractivity contribution in [3.05, 3.63) is 12.7 Å². The van der Waals surface area contributed by atoms with E-state index in [-0.39, 0.29) is 0 Å². The molecule has 3 N–H and O–H groups in total. The zero-order valence-corrected chi connectivity index (χ0v) is 7.23. The highest BCUT2D eigenvalue weighted by atomic mass is 15.4. The minimum absolute atomic E-state index is 0.434. The number of aromatic nitrogens is 4. The van der Waals surface area contributed by atoms with E-state index in [1.165, 1.54) is 6.33 Å². The Morgan fingerprint density at radius 3 is 3.08 bits per heavy atom. The number of nitrogens with zero attached hydrogens (tertiary/aromatic N) is 4. The topological polar surface area (TPSA) is 81.7 Å². The first kappa shape index (κ1) is 7.78. The Balaban J connectivity index is 2.64. The van der Waals surface area contributed by atoms with Crippen LogP contribution in [0.3, 0.4) is 0 Å². The number of fused-ring (bicyclic) bond motifs is 1. The van der Waals surface area contributed by atoms with Crippen LogP contribution in [0.4, 0.5) is 5.82 Å². The first-order chi connectivity index (χ1) is 6.33. The molecule has 2 aromatic rings. The van der Waals surface area contributed by atoms with E-state index in [0.29, 0.717) is 11.5 Å². The number of nitrogens with two attached hydrogens (primary N) is 1. The molecule has 6 heteroatoms. The van der Waals surface area contributed by atoms with Gasteiger partial charge in [-0.1, -0.05) is 0 Å². The third kappa shape index (κ3) is 1.16. The van der Waals surface area contributed by atoms with Gasteiger partial charge in [0, 0.05) is 6.54 Å². The van der Waals surface area contributed by atoms with E-state index in [0.717, 1.165) is 12.1 Å². The molecule has 0 aliphatic carbocycles. The Kier molecular flexibility index (Phi) is 1.73. The van der Waals surface area contributed by atoms with Crippen LogP contribution in [0.1, 0.15) is 6.92 Å². The monoisotopic (exact) mass is 178 g/mol. The number of anilines is 1. The molecule has 0 aliphatic heterocycles. The fraction of sp³-hybridized carbons (Fsp3) is 0.286. The molecule has 0 saturated carbocycles. The standard InChI is InChI=1S/C7H10N6/c1-2-12-13-4-11-7-5(13)6(8)9-3-10-7/h3-4,12H,2H2,1H3,(H2,8,9,10). The molecular weight excluding hydrogens is 168 g/mol. The van der Waals surface area contributed by atoms with E-state index < -0.39 is 0 Å². The highest BCUT2D eigenvalue weighted by Crippen LogP contribution is 2.12. The van der Waals surface area contributed by atoms with Gasteiger partial charge in [-0.05, 0) is 6.92 Å². The first-order valence-electron chi connectivity index (χ1n) is 4.00. The predicted octanol–water partition coefficient (Wildman–Crippen LogP) is -0.0281. The molecule has 6 nitrogen and oxygen atoms in total. The van der Waals surface area contributed by atoms with E-state index in [1.54, 1.807) is 11.0 Å². The highest BCUT2D eigenvalue weighted by molar-refractivity contribution is 5.81. The molecule has 0 amide bonds. The summed E-state index contributed by atoms with van der Waals surface area (Å²) in [6, 6.07) is 0. The molecule has 0 fully saturated rings. The van der Waals surface area contributed by atoms with Crippen LogP contribution < -0.4 is 11.2 Å². The normalized spacial score (nSPS) is 10.5. The Labute approximate surface area is 74.8 Å². The number of nitrogen functional groups attached to an aromatic ring is 1. The van der Waals surface area contributed by atoms with E-state index >= 15 is 0 Å². The van der Waals surface area contributed by atoms with E-state index in [4.69, 9.17) is 5.73 Å². The van der Waals surface area contributed by atoms with Crippen molar-refractivity contribution in [2.45, 2.75) is 6.92 Å². The molecule has 2 aromatic heterocycles. The lowest BCUT2D eigenvalue weighted by atomic mass is 10.5. The number of hydrogen-bond donors (Lipinski definition) is 2. The Bertz CT molecular complexity index is 420. The van der Waals surface area contributed by atoms with Gasteiger partial charge in [0.15, 0.2) is 17.0 Å². The maximum Gasteiger partial charge on any atom is 0.185 e. The van der Waals surface area contributed by atoms with Gasteiger partial charge < -0.3 is 11.2 Å². The van der Waals surface area contributed by atoms with Gasteiger partial charge in [0.2, 0.25) is 0 Å². The van der Waals surface area contributed by atoms with Crippen molar-refractivity contribution in [3.63, 3.8) is 0 Å². The lowest BCUT2D eigenvalue weighted by molar-refractivity contribution is 0.887. The Morgan fingerprint density at radius 2 is 2.31 bits per heavy atom. The van der Waals surface area contributed by atoms with Crippen molar-refractivity contribution in [1.82, 2.24) is 19.6 Å². The molecule has 2 rings (SSSR count). The van der Waals surface area contributed by atoms with Gasteiger partial charge in [-0.25, -0.2) is 19.6 Å². The SMILES string of the molecule is CCNn1cnc2ncnc(N)c21. The van der Waals surface area contributed by atoms with Crippen LogP contribution in [-0.4, -0.2) is 26.2 Å². The molecule has 0 bridgehead atoms. The van der Waals surface area contributed by atoms with E-state index in [1.807, 2.05) is 6.92 Å². The minimum atomic E-state index is 0.434. The molecule has 0 unspecified atom stereocenters. The van der Waals surface area contributed by atoms with Crippen molar-refractivity contribution in [2.24, 2.45) is 0 Å². The fourth-order valence-corrected chi connectivity index (χ4v) is 1.17. The van der Waals surface area contributed by atoms with Crippen LogP contribution >= 0.6 is 0 Å². The average Bonchev–Trinajstić information content (AvgIpc) is 2.51. The minimum Gasteiger partial charge on any atom is -0.382 e. The lowest BCUT2D eigenvalue weighted by Crippen LogP contribution is -2.13. The highest BCUT2D eigenvalue weighted by Gasteiger charge is 2.06. The molecular formula is C7H10N6. The van der Waals surface area contributed by atoms with Gasteiger partial charge in [0.1, 0.15) is 12.7 Å². The van der Waals surface area contributed by atoms with Crippen LogP contribution in [0.25, 0.3) is 11.2 Å². The first-order valence-corrected chi connectivity index (χ1v) is 4.00. The summed E-state index contributed by atoms with van der Waals surface area (Å²) in [5.41, 5.74) is 10.1. The van der Waals surface area contributed by atoms with Crippen molar-refractivity contribution >= 4 is 17.0 Å². The zero-order valence-electron chi connectivity index (χ0n) is 7.23. The van der Waals surface area contributed by atoms with Gasteiger partial charge in [-0.3, -0.25) is 0 Å². The van der Waals surface area contributed by atoms with Crippen LogP contribution in [0.15, 0.2) is 12.7 Å². The quantitative estimate of drug-likeness (QED) is 0.675. The molecule has 0 saturated heterocycles. The summed E-state index contributed by atoms with van der Waals surface area (Å²) < 4.78 is 1.73. The third-order valence-electron chi connectivity index (χ3n) is 1.70. The maximum atomic E-state index is 5.68. The third-order valence-corrected chi connectivity index (χ3v) is 1.70. The molecule has 68 valence electrons. The lowest BCUT2D eigenvalue weighted by Gasteiger charge is -2.04. The van der Waals surface area contributed by atoms with Crippen molar-refractivity contribution in [2.75, 3.05) is 17.7 Å². The Morgan fingerprint density at radius 1 is 1.46 bits per heavy atom. The molecule has 0 radical (unpaired) electrons. The van der Waals surface area contributed by atoms with E-state index in [9.17, 15) is 0 Å². The summed E-state index contributed by atoms with van der Waals surface area (Å²) >= 11 is 0.